The third kappa shape index (κ3) is 7.95. The molecule has 0 spiro atoms. The summed E-state index contributed by atoms with van der Waals surface area (Å²) in [5, 5.41) is 0. The summed E-state index contributed by atoms with van der Waals surface area (Å²) in [5.41, 5.74) is 0. The zero-order valence-electron chi connectivity index (χ0n) is 6.39. The first-order chi connectivity index (χ1) is 4.63. The van der Waals surface area contributed by atoms with Crippen LogP contribution in [0.15, 0.2) is 0 Å². The summed E-state index contributed by atoms with van der Waals surface area (Å²) >= 11 is 3.40. The van der Waals surface area contributed by atoms with E-state index in [1.54, 1.807) is 0 Å². The fourth-order valence-electron chi connectivity index (χ4n) is 0.581. The van der Waals surface area contributed by atoms with Crippen molar-refractivity contribution in [1.82, 2.24) is 0 Å². The van der Waals surface area contributed by atoms with Gasteiger partial charge in [0.15, 0.2) is 0 Å². The molecule has 0 aliphatic heterocycles. The number of hydrogen-bond donors (Lipinski definition) is 0. The van der Waals surface area contributed by atoms with Crippen molar-refractivity contribution in [3.05, 3.63) is 0 Å². The van der Waals surface area contributed by atoms with E-state index in [1.807, 2.05) is 0 Å². The monoisotopic (exact) mass is 208 g/mol. The largest absolute Gasteiger partial charge is 0.466 e. The number of carbonyl (C=O) groups excluding carboxylic acids is 1. The first-order valence-corrected chi connectivity index (χ1v) is 4.32. The van der Waals surface area contributed by atoms with Crippen LogP contribution < -0.4 is 0 Å². The topological polar surface area (TPSA) is 26.3 Å². The van der Waals surface area contributed by atoms with Gasteiger partial charge >= 0.3 is 5.97 Å². The molecule has 0 saturated carbocycles. The summed E-state index contributed by atoms with van der Waals surface area (Å²) in [7, 11) is 0. The second-order valence-corrected chi connectivity index (χ2v) is 3.83. The molecule has 2 nitrogen and oxygen atoms in total. The van der Waals surface area contributed by atoms with Crippen LogP contribution in [0.5, 0.6) is 0 Å². The van der Waals surface area contributed by atoms with Gasteiger partial charge in [-0.1, -0.05) is 22.9 Å². The molecule has 0 heterocycles. The lowest BCUT2D eigenvalue weighted by molar-refractivity contribution is -0.141. The molecule has 0 fully saturated rings. The fourth-order valence-corrected chi connectivity index (χ4v) is 0.904. The third-order valence-corrected chi connectivity index (χ3v) is 1.51. The van der Waals surface area contributed by atoms with Gasteiger partial charge in [0.2, 0.25) is 0 Å². The van der Waals surface area contributed by atoms with E-state index >= 15 is 0 Å². The molecule has 0 rings (SSSR count). The summed E-state index contributed by atoms with van der Waals surface area (Å²) in [6.45, 7) is 4.05. The number of ether oxygens (including phenoxy) is 1. The lowest BCUT2D eigenvalue weighted by Crippen LogP contribution is -2.02. The molecule has 1 atom stereocenters. The van der Waals surface area contributed by atoms with Crippen molar-refractivity contribution in [2.75, 3.05) is 6.61 Å². The van der Waals surface area contributed by atoms with Gasteiger partial charge in [0.1, 0.15) is 0 Å². The van der Waals surface area contributed by atoms with Gasteiger partial charge in [0.25, 0.3) is 0 Å². The van der Waals surface area contributed by atoms with Crippen molar-refractivity contribution >= 4 is 21.9 Å². The highest BCUT2D eigenvalue weighted by Crippen LogP contribution is 2.05. The van der Waals surface area contributed by atoms with E-state index in [4.69, 9.17) is 4.74 Å². The van der Waals surface area contributed by atoms with Crippen molar-refractivity contribution in [3.63, 3.8) is 0 Å². The molecule has 0 amide bonds. The second-order valence-electron chi connectivity index (χ2n) is 2.26. The molecule has 0 N–H and O–H groups in total. The zero-order chi connectivity index (χ0) is 7.98. The molecule has 10 heavy (non-hydrogen) atoms. The van der Waals surface area contributed by atoms with Crippen LogP contribution in [0.2, 0.25) is 0 Å². The minimum atomic E-state index is -0.192. The Morgan fingerprint density at radius 3 is 2.70 bits per heavy atom. The Bertz CT molecular complexity index is 102. The number of rotatable bonds is 4. The molecule has 0 aliphatic rings. The van der Waals surface area contributed by atoms with Crippen LogP contribution in [0.4, 0.5) is 0 Å². The molecule has 3 heteroatoms. The zero-order valence-corrected chi connectivity index (χ0v) is 7.98. The van der Waals surface area contributed by atoms with Gasteiger partial charge in [-0.2, -0.15) is 0 Å². The second kappa shape index (κ2) is 5.71. The number of alkyl halides is 1. The van der Waals surface area contributed by atoms with E-state index in [0.29, 0.717) is 11.4 Å². The lowest BCUT2D eigenvalue weighted by atomic mass is 10.3. The molecule has 0 radical (unpaired) electrons. The number of esters is 1. The Hall–Kier alpha value is -0.0500. The Labute approximate surface area is 70.1 Å². The first-order valence-electron chi connectivity index (χ1n) is 3.40. The van der Waals surface area contributed by atoms with Crippen molar-refractivity contribution in [2.24, 2.45) is 0 Å². The SMILES string of the molecule is CC(=O)OCCCC(C)Br. The number of carbonyl (C=O) groups is 1. The van der Waals surface area contributed by atoms with Crippen LogP contribution in [-0.2, 0) is 9.53 Å². The molecule has 0 bridgehead atoms. The first kappa shape index (κ1) is 9.95. The number of halogens is 1. The summed E-state index contributed by atoms with van der Waals surface area (Å²) in [5.74, 6) is -0.192. The van der Waals surface area contributed by atoms with Crippen LogP contribution in [0.1, 0.15) is 26.7 Å². The predicted octanol–water partition coefficient (Wildman–Crippen LogP) is 2.11. The molecule has 0 aromatic heterocycles. The Morgan fingerprint density at radius 1 is 1.70 bits per heavy atom. The molecule has 0 aromatic rings. The van der Waals surface area contributed by atoms with Crippen molar-refractivity contribution in [2.45, 2.75) is 31.5 Å². The Morgan fingerprint density at radius 2 is 2.30 bits per heavy atom. The quantitative estimate of drug-likeness (QED) is 0.402. The van der Waals surface area contributed by atoms with Gasteiger partial charge in [0, 0.05) is 11.8 Å². The summed E-state index contributed by atoms with van der Waals surface area (Å²) in [6, 6.07) is 0. The van der Waals surface area contributed by atoms with Gasteiger partial charge in [0.05, 0.1) is 6.61 Å². The van der Waals surface area contributed by atoms with Crippen LogP contribution in [0.3, 0.4) is 0 Å². The average Bonchev–Trinajstić information content (AvgIpc) is 1.79. The van der Waals surface area contributed by atoms with Gasteiger partial charge < -0.3 is 4.74 Å². The van der Waals surface area contributed by atoms with Gasteiger partial charge in [-0.3, -0.25) is 4.79 Å². The molecular weight excluding hydrogens is 196 g/mol. The Balaban J connectivity index is 2.98. The van der Waals surface area contributed by atoms with Crippen molar-refractivity contribution in [3.8, 4) is 0 Å². The lowest BCUT2D eigenvalue weighted by Gasteiger charge is -2.02. The van der Waals surface area contributed by atoms with E-state index in [0.717, 1.165) is 12.8 Å². The van der Waals surface area contributed by atoms with Gasteiger partial charge in [-0.05, 0) is 12.8 Å². The highest BCUT2D eigenvalue weighted by molar-refractivity contribution is 9.09. The average molecular weight is 209 g/mol. The van der Waals surface area contributed by atoms with Gasteiger partial charge in [-0.25, -0.2) is 0 Å². The molecular formula is C7H13BrO2. The fraction of sp³-hybridized carbons (Fsp3) is 0.857. The highest BCUT2D eigenvalue weighted by atomic mass is 79.9. The van der Waals surface area contributed by atoms with E-state index in [9.17, 15) is 4.79 Å². The maximum atomic E-state index is 10.3. The summed E-state index contributed by atoms with van der Waals surface area (Å²) < 4.78 is 4.73. The normalized spacial score (nSPS) is 12.7. The van der Waals surface area contributed by atoms with E-state index in [1.165, 1.54) is 6.92 Å². The minimum absolute atomic E-state index is 0.192. The maximum absolute atomic E-state index is 10.3. The minimum Gasteiger partial charge on any atom is -0.466 e. The van der Waals surface area contributed by atoms with Crippen molar-refractivity contribution < 1.29 is 9.53 Å². The van der Waals surface area contributed by atoms with E-state index in [2.05, 4.69) is 22.9 Å². The molecule has 0 aromatic carbocycles. The van der Waals surface area contributed by atoms with Crippen LogP contribution in [-0.4, -0.2) is 17.4 Å². The maximum Gasteiger partial charge on any atom is 0.302 e. The van der Waals surface area contributed by atoms with E-state index < -0.39 is 0 Å². The summed E-state index contributed by atoms with van der Waals surface area (Å²) in [6.07, 6.45) is 1.99. The van der Waals surface area contributed by atoms with Crippen molar-refractivity contribution in [1.29, 1.82) is 0 Å². The molecule has 0 saturated heterocycles. The van der Waals surface area contributed by atoms with Crippen LogP contribution in [0.25, 0.3) is 0 Å². The highest BCUT2D eigenvalue weighted by Gasteiger charge is 1.96. The Kier molecular flexibility index (Phi) is 5.69. The summed E-state index contributed by atoms with van der Waals surface area (Å²) in [4.78, 5) is 10.8. The standard InChI is InChI=1S/C7H13BrO2/c1-6(8)4-3-5-10-7(2)9/h6H,3-5H2,1-2H3. The third-order valence-electron chi connectivity index (χ3n) is 1.05. The van der Waals surface area contributed by atoms with Gasteiger partial charge in [-0.15, -0.1) is 0 Å². The van der Waals surface area contributed by atoms with E-state index in [-0.39, 0.29) is 5.97 Å². The predicted molar refractivity (Wildman–Crippen MR) is 44.3 cm³/mol. The number of hydrogen-bond acceptors (Lipinski definition) is 2. The van der Waals surface area contributed by atoms with Crippen LogP contribution >= 0.6 is 15.9 Å². The van der Waals surface area contributed by atoms with Crippen LogP contribution in [0, 0.1) is 0 Å². The molecule has 1 unspecified atom stereocenters. The molecule has 0 aliphatic carbocycles. The molecule has 60 valence electrons. The smallest absolute Gasteiger partial charge is 0.302 e.